The molecule has 6 heteroatoms. The lowest BCUT2D eigenvalue weighted by molar-refractivity contribution is -0.119. The van der Waals surface area contributed by atoms with Crippen LogP contribution in [0, 0.1) is 0 Å². The SMILES string of the molecule is CCOc1ccc(OCCNC(=O)CNc2ccc(Br)cc2)cc1. The number of amides is 1. The summed E-state index contributed by atoms with van der Waals surface area (Å²) >= 11 is 3.37. The maximum absolute atomic E-state index is 11.8. The van der Waals surface area contributed by atoms with E-state index in [1.165, 1.54) is 0 Å². The molecule has 2 N–H and O–H groups in total. The fourth-order valence-corrected chi connectivity index (χ4v) is 2.24. The van der Waals surface area contributed by atoms with E-state index in [4.69, 9.17) is 9.47 Å². The number of hydrogen-bond acceptors (Lipinski definition) is 4. The maximum Gasteiger partial charge on any atom is 0.239 e. The van der Waals surface area contributed by atoms with Gasteiger partial charge in [-0.1, -0.05) is 15.9 Å². The van der Waals surface area contributed by atoms with Crippen LogP contribution < -0.4 is 20.1 Å². The second-order valence-electron chi connectivity index (χ2n) is 4.96. The monoisotopic (exact) mass is 392 g/mol. The first-order valence-electron chi connectivity index (χ1n) is 7.79. The molecule has 0 unspecified atom stereocenters. The van der Waals surface area contributed by atoms with Crippen molar-refractivity contribution in [1.29, 1.82) is 0 Å². The van der Waals surface area contributed by atoms with E-state index in [9.17, 15) is 4.79 Å². The lowest BCUT2D eigenvalue weighted by Gasteiger charge is -2.10. The van der Waals surface area contributed by atoms with E-state index in [1.807, 2.05) is 55.5 Å². The third kappa shape index (κ3) is 6.50. The van der Waals surface area contributed by atoms with E-state index >= 15 is 0 Å². The quantitative estimate of drug-likeness (QED) is 0.641. The minimum absolute atomic E-state index is 0.0757. The highest BCUT2D eigenvalue weighted by Crippen LogP contribution is 2.17. The Morgan fingerprint density at radius 3 is 2.25 bits per heavy atom. The Morgan fingerprint density at radius 2 is 1.62 bits per heavy atom. The van der Waals surface area contributed by atoms with Crippen molar-refractivity contribution in [3.63, 3.8) is 0 Å². The van der Waals surface area contributed by atoms with Gasteiger partial charge in [-0.3, -0.25) is 4.79 Å². The first-order valence-corrected chi connectivity index (χ1v) is 8.58. The molecule has 2 aromatic rings. The highest BCUT2D eigenvalue weighted by Gasteiger charge is 2.01. The minimum Gasteiger partial charge on any atom is -0.494 e. The summed E-state index contributed by atoms with van der Waals surface area (Å²) in [5.41, 5.74) is 0.902. The number of ether oxygens (including phenoxy) is 2. The summed E-state index contributed by atoms with van der Waals surface area (Å²) in [5, 5.41) is 5.87. The van der Waals surface area contributed by atoms with Crippen LogP contribution in [0.3, 0.4) is 0 Å². The standard InChI is InChI=1S/C18H21BrN2O3/c1-2-23-16-7-9-17(10-8-16)24-12-11-20-18(22)13-21-15-5-3-14(19)4-6-15/h3-10,21H,2,11-13H2,1H3,(H,20,22). The number of nitrogens with one attached hydrogen (secondary N) is 2. The number of hydrogen-bond donors (Lipinski definition) is 2. The summed E-state index contributed by atoms with van der Waals surface area (Å²) in [4.78, 5) is 11.8. The average molecular weight is 393 g/mol. The van der Waals surface area contributed by atoms with Crippen molar-refractivity contribution in [2.45, 2.75) is 6.92 Å². The van der Waals surface area contributed by atoms with E-state index in [0.717, 1.165) is 21.7 Å². The molecule has 1 amide bonds. The van der Waals surface area contributed by atoms with E-state index in [0.29, 0.717) is 19.8 Å². The lowest BCUT2D eigenvalue weighted by atomic mass is 10.3. The van der Waals surface area contributed by atoms with Crippen molar-refractivity contribution in [3.05, 3.63) is 53.0 Å². The Hall–Kier alpha value is -2.21. The number of halogens is 1. The molecule has 5 nitrogen and oxygen atoms in total. The molecule has 24 heavy (non-hydrogen) atoms. The fraction of sp³-hybridized carbons (Fsp3) is 0.278. The fourth-order valence-electron chi connectivity index (χ4n) is 1.97. The normalized spacial score (nSPS) is 10.1. The highest BCUT2D eigenvalue weighted by molar-refractivity contribution is 9.10. The van der Waals surface area contributed by atoms with Gasteiger partial charge in [-0.25, -0.2) is 0 Å². The summed E-state index contributed by atoms with van der Waals surface area (Å²) in [6.45, 7) is 3.68. The molecule has 0 aromatic heterocycles. The zero-order valence-corrected chi connectivity index (χ0v) is 15.1. The molecular weight excluding hydrogens is 372 g/mol. The zero-order chi connectivity index (χ0) is 17.2. The van der Waals surface area contributed by atoms with Crippen molar-refractivity contribution in [2.75, 3.05) is 31.6 Å². The Bertz CT molecular complexity index is 630. The van der Waals surface area contributed by atoms with Crippen molar-refractivity contribution in [1.82, 2.24) is 5.32 Å². The smallest absolute Gasteiger partial charge is 0.239 e. The van der Waals surface area contributed by atoms with Gasteiger partial charge in [-0.15, -0.1) is 0 Å². The first-order chi connectivity index (χ1) is 11.7. The van der Waals surface area contributed by atoms with Gasteiger partial charge in [0.05, 0.1) is 19.7 Å². The Labute approximate surface area is 150 Å². The molecule has 0 aliphatic heterocycles. The van der Waals surface area contributed by atoms with Crippen molar-refractivity contribution in [2.24, 2.45) is 0 Å². The number of benzene rings is 2. The minimum atomic E-state index is -0.0757. The molecule has 0 aliphatic rings. The molecule has 0 aliphatic carbocycles. The van der Waals surface area contributed by atoms with Gasteiger partial charge in [0.1, 0.15) is 18.1 Å². The molecule has 0 bridgehead atoms. The number of rotatable bonds is 9. The molecule has 2 aromatic carbocycles. The molecule has 2 rings (SSSR count). The van der Waals surface area contributed by atoms with Crippen LogP contribution in [0.15, 0.2) is 53.0 Å². The predicted molar refractivity (Wildman–Crippen MR) is 98.7 cm³/mol. The van der Waals surface area contributed by atoms with Crippen molar-refractivity contribution < 1.29 is 14.3 Å². The molecule has 128 valence electrons. The van der Waals surface area contributed by atoms with Crippen LogP contribution in [0.25, 0.3) is 0 Å². The second-order valence-corrected chi connectivity index (χ2v) is 5.88. The van der Waals surface area contributed by atoms with Crippen LogP contribution in [-0.2, 0) is 4.79 Å². The largest absolute Gasteiger partial charge is 0.494 e. The van der Waals surface area contributed by atoms with Crippen LogP contribution in [-0.4, -0.2) is 32.2 Å². The van der Waals surface area contributed by atoms with Gasteiger partial charge in [0, 0.05) is 10.2 Å². The molecule has 0 radical (unpaired) electrons. The molecular formula is C18H21BrN2O3. The number of anilines is 1. The summed E-state index contributed by atoms with van der Waals surface area (Å²) < 4.78 is 11.9. The Balaban J connectivity index is 1.61. The van der Waals surface area contributed by atoms with E-state index in [2.05, 4.69) is 26.6 Å². The highest BCUT2D eigenvalue weighted by atomic mass is 79.9. The van der Waals surface area contributed by atoms with Crippen LogP contribution >= 0.6 is 15.9 Å². The summed E-state index contributed by atoms with van der Waals surface area (Å²) in [6, 6.07) is 15.1. The van der Waals surface area contributed by atoms with Gasteiger partial charge < -0.3 is 20.1 Å². The number of carbonyl (C=O) groups is 1. The first kappa shape index (κ1) is 18.1. The predicted octanol–water partition coefficient (Wildman–Crippen LogP) is 3.45. The average Bonchev–Trinajstić information content (AvgIpc) is 2.60. The van der Waals surface area contributed by atoms with Gasteiger partial charge in [-0.05, 0) is 55.5 Å². The summed E-state index contributed by atoms with van der Waals surface area (Å²) in [5.74, 6) is 1.49. The Morgan fingerprint density at radius 1 is 1.00 bits per heavy atom. The molecule has 0 atom stereocenters. The van der Waals surface area contributed by atoms with Crippen LogP contribution in [0.5, 0.6) is 11.5 Å². The Kier molecular flexibility index (Phi) is 7.42. The van der Waals surface area contributed by atoms with E-state index < -0.39 is 0 Å². The third-order valence-electron chi connectivity index (χ3n) is 3.12. The van der Waals surface area contributed by atoms with Crippen LogP contribution in [0.4, 0.5) is 5.69 Å². The zero-order valence-electron chi connectivity index (χ0n) is 13.5. The summed E-state index contributed by atoms with van der Waals surface area (Å²) in [7, 11) is 0. The van der Waals surface area contributed by atoms with Gasteiger partial charge in [0.2, 0.25) is 5.91 Å². The molecule has 0 saturated heterocycles. The van der Waals surface area contributed by atoms with Gasteiger partial charge >= 0.3 is 0 Å². The molecule has 0 saturated carbocycles. The van der Waals surface area contributed by atoms with Crippen LogP contribution in [0.2, 0.25) is 0 Å². The molecule has 0 fully saturated rings. The maximum atomic E-state index is 11.8. The van der Waals surface area contributed by atoms with E-state index in [-0.39, 0.29) is 12.5 Å². The summed E-state index contributed by atoms with van der Waals surface area (Å²) in [6.07, 6.45) is 0. The van der Waals surface area contributed by atoms with Gasteiger partial charge in [0.15, 0.2) is 0 Å². The number of carbonyl (C=O) groups excluding carboxylic acids is 1. The van der Waals surface area contributed by atoms with E-state index in [1.54, 1.807) is 0 Å². The topological polar surface area (TPSA) is 59.6 Å². The van der Waals surface area contributed by atoms with Crippen molar-refractivity contribution in [3.8, 4) is 11.5 Å². The van der Waals surface area contributed by atoms with Crippen molar-refractivity contribution >= 4 is 27.5 Å². The second kappa shape index (κ2) is 9.82. The lowest BCUT2D eigenvalue weighted by Crippen LogP contribution is -2.32. The third-order valence-corrected chi connectivity index (χ3v) is 3.65. The molecule has 0 heterocycles. The van der Waals surface area contributed by atoms with Gasteiger partial charge in [0.25, 0.3) is 0 Å². The van der Waals surface area contributed by atoms with Gasteiger partial charge in [-0.2, -0.15) is 0 Å². The molecule has 0 spiro atoms. The van der Waals surface area contributed by atoms with Crippen LogP contribution in [0.1, 0.15) is 6.92 Å².